The number of ether oxygens (including phenoxy) is 1. The topological polar surface area (TPSA) is 96.8 Å². The van der Waals surface area contributed by atoms with E-state index in [9.17, 15) is 8.42 Å². The summed E-state index contributed by atoms with van der Waals surface area (Å²) in [6.45, 7) is 1.99. The van der Waals surface area contributed by atoms with E-state index in [1.807, 2.05) is 30.1 Å². The molecule has 0 amide bonds. The summed E-state index contributed by atoms with van der Waals surface area (Å²) in [5.41, 5.74) is 1.13. The fraction of sp³-hybridized carbons (Fsp3) is 0.688. The van der Waals surface area contributed by atoms with Crippen LogP contribution in [-0.4, -0.2) is 57.5 Å². The van der Waals surface area contributed by atoms with Crippen molar-refractivity contribution in [1.82, 2.24) is 19.9 Å². The highest BCUT2D eigenvalue weighted by atomic mass is 127. The first-order chi connectivity index (χ1) is 12.0. The van der Waals surface area contributed by atoms with Crippen molar-refractivity contribution in [2.75, 3.05) is 32.5 Å². The molecule has 1 fully saturated rings. The summed E-state index contributed by atoms with van der Waals surface area (Å²) in [5, 5.41) is 6.18. The molecule has 0 spiro atoms. The van der Waals surface area contributed by atoms with E-state index < -0.39 is 10.0 Å². The predicted octanol–water partition coefficient (Wildman–Crippen LogP) is 0.797. The lowest BCUT2D eigenvalue weighted by Gasteiger charge is -2.22. The smallest absolute Gasteiger partial charge is 0.213 e. The average Bonchev–Trinajstić information content (AvgIpc) is 3.02. The molecule has 1 aliphatic rings. The Bertz CT molecular complexity index is 657. The predicted molar refractivity (Wildman–Crippen MR) is 114 cm³/mol. The summed E-state index contributed by atoms with van der Waals surface area (Å²) < 4.78 is 34.2. The molecule has 0 aliphatic carbocycles. The van der Waals surface area contributed by atoms with Gasteiger partial charge in [-0.15, -0.1) is 24.0 Å². The van der Waals surface area contributed by atoms with Gasteiger partial charge in [-0.2, -0.15) is 0 Å². The molecule has 26 heavy (non-hydrogen) atoms. The monoisotopic (exact) mass is 499 g/mol. The Hall–Kier alpha value is -0.850. The van der Waals surface area contributed by atoms with Crippen molar-refractivity contribution >= 4 is 40.0 Å². The number of halogens is 1. The molecule has 0 radical (unpaired) electrons. The Kier molecular flexibility index (Phi) is 10.5. The molecule has 0 bridgehead atoms. The minimum Gasteiger partial charge on any atom is -0.377 e. The van der Waals surface area contributed by atoms with Gasteiger partial charge in [0.2, 0.25) is 10.0 Å². The van der Waals surface area contributed by atoms with Gasteiger partial charge in [0.05, 0.1) is 11.9 Å². The van der Waals surface area contributed by atoms with Gasteiger partial charge in [0, 0.05) is 52.7 Å². The van der Waals surface area contributed by atoms with Crippen molar-refractivity contribution in [1.29, 1.82) is 0 Å². The van der Waals surface area contributed by atoms with Crippen LogP contribution in [0.1, 0.15) is 24.8 Å². The van der Waals surface area contributed by atoms with E-state index in [2.05, 4.69) is 20.3 Å². The number of hydrogen-bond donors (Lipinski definition) is 3. The lowest BCUT2D eigenvalue weighted by molar-refractivity contribution is 0.0200. The molecule has 0 aromatic carbocycles. The van der Waals surface area contributed by atoms with E-state index in [-0.39, 0.29) is 42.4 Å². The normalized spacial score (nSPS) is 18.2. The number of aromatic nitrogens is 1. The maximum Gasteiger partial charge on any atom is 0.213 e. The summed E-state index contributed by atoms with van der Waals surface area (Å²) >= 11 is 0. The van der Waals surface area contributed by atoms with Crippen molar-refractivity contribution < 1.29 is 13.2 Å². The average molecular weight is 499 g/mol. The molecule has 150 valence electrons. The van der Waals surface area contributed by atoms with Crippen molar-refractivity contribution in [3.05, 3.63) is 24.0 Å². The molecule has 2 rings (SSSR count). The van der Waals surface area contributed by atoms with Crippen molar-refractivity contribution in [3.63, 3.8) is 0 Å². The van der Waals surface area contributed by atoms with Gasteiger partial charge in [-0.1, -0.05) is 0 Å². The number of rotatable bonds is 8. The van der Waals surface area contributed by atoms with Crippen LogP contribution in [0.2, 0.25) is 0 Å². The summed E-state index contributed by atoms with van der Waals surface area (Å²) in [6.07, 6.45) is 7.05. The fourth-order valence-electron chi connectivity index (χ4n) is 2.64. The first-order valence-electron chi connectivity index (χ1n) is 8.63. The van der Waals surface area contributed by atoms with Crippen LogP contribution in [0.25, 0.3) is 0 Å². The van der Waals surface area contributed by atoms with Gasteiger partial charge < -0.3 is 19.9 Å². The van der Waals surface area contributed by atoms with Crippen LogP contribution in [0.4, 0.5) is 0 Å². The minimum atomic E-state index is -3.33. The van der Waals surface area contributed by atoms with Gasteiger partial charge >= 0.3 is 0 Å². The van der Waals surface area contributed by atoms with Crippen LogP contribution < -0.4 is 15.4 Å². The third-order valence-corrected chi connectivity index (χ3v) is 5.39. The number of nitrogens with one attached hydrogen (secondary N) is 3. The van der Waals surface area contributed by atoms with Crippen molar-refractivity contribution in [3.8, 4) is 0 Å². The molecule has 1 unspecified atom stereocenters. The molecule has 1 saturated heterocycles. The molecule has 1 atom stereocenters. The maximum atomic E-state index is 12.1. The zero-order chi connectivity index (χ0) is 18.1. The highest BCUT2D eigenvalue weighted by molar-refractivity contribution is 14.0. The second kappa shape index (κ2) is 11.8. The largest absolute Gasteiger partial charge is 0.377 e. The molecular formula is C16H30IN5O3S. The van der Waals surface area contributed by atoms with Crippen LogP contribution >= 0.6 is 24.0 Å². The Morgan fingerprint density at radius 3 is 2.81 bits per heavy atom. The summed E-state index contributed by atoms with van der Waals surface area (Å²) in [7, 11) is 0.298. The number of aryl methyl sites for hydroxylation is 1. The third kappa shape index (κ3) is 8.69. The van der Waals surface area contributed by atoms with Crippen molar-refractivity contribution in [2.45, 2.75) is 31.9 Å². The molecule has 10 heteroatoms. The van der Waals surface area contributed by atoms with Crippen LogP contribution in [0.5, 0.6) is 0 Å². The fourth-order valence-corrected chi connectivity index (χ4v) is 3.59. The molecule has 1 aromatic rings. The number of hydrogen-bond acceptors (Lipinski definition) is 4. The lowest BCUT2D eigenvalue weighted by atomic mass is 10.1. The molecule has 3 N–H and O–H groups in total. The second-order valence-corrected chi connectivity index (χ2v) is 8.12. The maximum absolute atomic E-state index is 12.1. The Morgan fingerprint density at radius 2 is 2.19 bits per heavy atom. The first kappa shape index (κ1) is 23.2. The molecule has 1 aromatic heterocycles. The van der Waals surface area contributed by atoms with Crippen molar-refractivity contribution in [2.24, 2.45) is 12.0 Å². The van der Waals surface area contributed by atoms with Gasteiger partial charge in [0.25, 0.3) is 0 Å². The number of aliphatic imine (C=N–C) groups is 1. The van der Waals surface area contributed by atoms with E-state index in [0.29, 0.717) is 19.0 Å². The Morgan fingerprint density at radius 1 is 1.38 bits per heavy atom. The minimum absolute atomic E-state index is 0. The van der Waals surface area contributed by atoms with Gasteiger partial charge in [-0.3, -0.25) is 4.99 Å². The van der Waals surface area contributed by atoms with Crippen LogP contribution in [0.3, 0.4) is 0 Å². The number of guanidine groups is 1. The molecule has 8 nitrogen and oxygen atoms in total. The third-order valence-electron chi connectivity index (χ3n) is 4.04. The van der Waals surface area contributed by atoms with E-state index in [4.69, 9.17) is 4.74 Å². The molecular weight excluding hydrogens is 469 g/mol. The van der Waals surface area contributed by atoms with Gasteiger partial charge in [0.15, 0.2) is 5.96 Å². The first-order valence-corrected chi connectivity index (χ1v) is 10.3. The van der Waals surface area contributed by atoms with Gasteiger partial charge in [0.1, 0.15) is 0 Å². The zero-order valence-corrected chi connectivity index (χ0v) is 18.5. The molecule has 2 heterocycles. The summed E-state index contributed by atoms with van der Waals surface area (Å²) in [4.78, 5) is 4.10. The quantitative estimate of drug-likeness (QED) is 0.279. The van der Waals surface area contributed by atoms with E-state index in [1.54, 1.807) is 7.05 Å². The Labute approximate surface area is 173 Å². The van der Waals surface area contributed by atoms with Crippen LogP contribution in [-0.2, 0) is 28.4 Å². The van der Waals surface area contributed by atoms with Gasteiger partial charge in [-0.25, -0.2) is 13.1 Å². The SMILES string of the molecule is CN=C(NCCS(=O)(=O)NCC1CCCCO1)NCc1ccn(C)c1.I. The molecule has 1 aliphatic heterocycles. The highest BCUT2D eigenvalue weighted by Gasteiger charge is 2.17. The second-order valence-electron chi connectivity index (χ2n) is 6.19. The zero-order valence-electron chi connectivity index (χ0n) is 15.4. The van der Waals surface area contributed by atoms with Gasteiger partial charge in [-0.05, 0) is 30.9 Å². The van der Waals surface area contributed by atoms with Crippen LogP contribution in [0.15, 0.2) is 23.5 Å². The summed E-state index contributed by atoms with van der Waals surface area (Å²) in [5.74, 6) is 0.570. The Balaban J connectivity index is 0.00000338. The number of nitrogens with zero attached hydrogens (tertiary/aromatic N) is 2. The number of sulfonamides is 1. The van der Waals surface area contributed by atoms with E-state index in [0.717, 1.165) is 31.4 Å². The van der Waals surface area contributed by atoms with E-state index in [1.165, 1.54) is 0 Å². The van der Waals surface area contributed by atoms with E-state index >= 15 is 0 Å². The standard InChI is InChI=1S/C16H29N5O3S.HI/c1-17-16(19-11-14-6-8-21(2)13-14)18-7-10-25(22,23)20-12-15-5-3-4-9-24-15;/h6,8,13,15,20H,3-5,7,9-12H2,1-2H3,(H2,17,18,19);1H. The highest BCUT2D eigenvalue weighted by Crippen LogP contribution is 2.11. The molecule has 0 saturated carbocycles. The lowest BCUT2D eigenvalue weighted by Crippen LogP contribution is -2.42. The van der Waals surface area contributed by atoms with Crippen LogP contribution in [0, 0.1) is 0 Å². The summed E-state index contributed by atoms with van der Waals surface area (Å²) in [6, 6.07) is 2.02.